The normalized spacial score (nSPS) is 11.3. The third-order valence-corrected chi connectivity index (χ3v) is 5.31. The second kappa shape index (κ2) is 6.39. The standard InChI is InChI=1S/C21H18BrN3O2/c1-13-6-4-7-14(10-13)19-18-17(23(2)21(27)24(3)20(18)26)12-25(19)16-9-5-8-15(22)11-16/h4-12H,1-3H3. The highest BCUT2D eigenvalue weighted by atomic mass is 79.9. The van der Waals surface area contributed by atoms with E-state index in [1.54, 1.807) is 7.05 Å². The topological polar surface area (TPSA) is 48.9 Å². The van der Waals surface area contributed by atoms with Crippen LogP contribution < -0.4 is 11.2 Å². The summed E-state index contributed by atoms with van der Waals surface area (Å²) in [6.45, 7) is 2.02. The zero-order valence-corrected chi connectivity index (χ0v) is 16.8. The Balaban J connectivity index is 2.23. The SMILES string of the molecule is Cc1cccc(-c2c3c(=O)n(C)c(=O)n(C)c3cn2-c2cccc(Br)c2)c1. The van der Waals surface area contributed by atoms with Crippen molar-refractivity contribution < 1.29 is 0 Å². The smallest absolute Gasteiger partial charge is 0.314 e. The first-order chi connectivity index (χ1) is 12.9. The summed E-state index contributed by atoms with van der Waals surface area (Å²) in [6, 6.07) is 15.9. The van der Waals surface area contributed by atoms with Crippen LogP contribution in [-0.4, -0.2) is 13.7 Å². The first-order valence-electron chi connectivity index (χ1n) is 8.52. The Morgan fingerprint density at radius 2 is 1.67 bits per heavy atom. The summed E-state index contributed by atoms with van der Waals surface area (Å²) < 4.78 is 5.59. The van der Waals surface area contributed by atoms with E-state index in [-0.39, 0.29) is 11.2 Å². The molecule has 2 heterocycles. The Labute approximate surface area is 164 Å². The van der Waals surface area contributed by atoms with Crippen molar-refractivity contribution in [3.05, 3.63) is 85.6 Å². The van der Waals surface area contributed by atoms with E-state index in [9.17, 15) is 9.59 Å². The molecule has 0 saturated carbocycles. The molecule has 4 rings (SSSR count). The van der Waals surface area contributed by atoms with Crippen molar-refractivity contribution in [3.8, 4) is 16.9 Å². The molecule has 0 spiro atoms. The average Bonchev–Trinajstić information content (AvgIpc) is 3.05. The van der Waals surface area contributed by atoms with Gasteiger partial charge in [0.2, 0.25) is 0 Å². The summed E-state index contributed by atoms with van der Waals surface area (Å²) in [5, 5.41) is 0.533. The van der Waals surface area contributed by atoms with Crippen molar-refractivity contribution in [2.24, 2.45) is 14.1 Å². The van der Waals surface area contributed by atoms with Gasteiger partial charge in [-0.25, -0.2) is 4.79 Å². The molecule has 5 nitrogen and oxygen atoms in total. The zero-order chi connectivity index (χ0) is 19.3. The molecule has 0 fully saturated rings. The van der Waals surface area contributed by atoms with E-state index >= 15 is 0 Å². The van der Waals surface area contributed by atoms with Crippen LogP contribution >= 0.6 is 15.9 Å². The molecule has 27 heavy (non-hydrogen) atoms. The molecule has 0 amide bonds. The van der Waals surface area contributed by atoms with Crippen molar-refractivity contribution in [2.45, 2.75) is 6.92 Å². The lowest BCUT2D eigenvalue weighted by molar-refractivity contribution is 0.714. The Hall–Kier alpha value is -2.86. The molecular weight excluding hydrogens is 406 g/mol. The van der Waals surface area contributed by atoms with Gasteiger partial charge in [0.05, 0.1) is 16.6 Å². The first-order valence-corrected chi connectivity index (χ1v) is 9.32. The highest BCUT2D eigenvalue weighted by Gasteiger charge is 2.20. The molecular formula is C21H18BrN3O2. The average molecular weight is 424 g/mol. The maximum atomic E-state index is 13.0. The summed E-state index contributed by atoms with van der Waals surface area (Å²) in [5.41, 5.74) is 3.70. The molecule has 6 heteroatoms. The van der Waals surface area contributed by atoms with Gasteiger partial charge in [0.25, 0.3) is 5.56 Å². The van der Waals surface area contributed by atoms with Crippen LogP contribution in [0.25, 0.3) is 27.8 Å². The van der Waals surface area contributed by atoms with Gasteiger partial charge in [-0.3, -0.25) is 13.9 Å². The number of hydrogen-bond donors (Lipinski definition) is 0. The van der Waals surface area contributed by atoms with Crippen LogP contribution in [0.2, 0.25) is 0 Å². The summed E-state index contributed by atoms with van der Waals surface area (Å²) in [5.74, 6) is 0. The Bertz CT molecular complexity index is 1310. The molecule has 0 aliphatic carbocycles. The number of fused-ring (bicyclic) bond motifs is 1. The maximum Gasteiger partial charge on any atom is 0.330 e. The van der Waals surface area contributed by atoms with Crippen molar-refractivity contribution in [3.63, 3.8) is 0 Å². The van der Waals surface area contributed by atoms with Crippen LogP contribution in [-0.2, 0) is 14.1 Å². The highest BCUT2D eigenvalue weighted by molar-refractivity contribution is 9.10. The molecule has 0 aliphatic rings. The molecule has 136 valence electrons. The highest BCUT2D eigenvalue weighted by Crippen LogP contribution is 2.32. The summed E-state index contributed by atoms with van der Waals surface area (Å²) in [6.07, 6.45) is 1.86. The zero-order valence-electron chi connectivity index (χ0n) is 15.2. The number of aryl methyl sites for hydroxylation is 2. The van der Waals surface area contributed by atoms with E-state index in [1.807, 2.05) is 66.2 Å². The number of rotatable bonds is 2. The van der Waals surface area contributed by atoms with Crippen molar-refractivity contribution in [1.29, 1.82) is 0 Å². The van der Waals surface area contributed by atoms with Gasteiger partial charge in [-0.05, 0) is 36.8 Å². The minimum atomic E-state index is -0.338. The maximum absolute atomic E-state index is 13.0. The van der Waals surface area contributed by atoms with Crippen LogP contribution in [0.4, 0.5) is 0 Å². The van der Waals surface area contributed by atoms with E-state index in [0.29, 0.717) is 10.9 Å². The Morgan fingerprint density at radius 1 is 0.926 bits per heavy atom. The van der Waals surface area contributed by atoms with E-state index < -0.39 is 0 Å². The molecule has 0 unspecified atom stereocenters. The summed E-state index contributed by atoms with van der Waals surface area (Å²) in [4.78, 5) is 25.4. The van der Waals surface area contributed by atoms with E-state index in [2.05, 4.69) is 15.9 Å². The summed E-state index contributed by atoms with van der Waals surface area (Å²) >= 11 is 3.51. The lowest BCUT2D eigenvalue weighted by Crippen LogP contribution is -2.36. The van der Waals surface area contributed by atoms with Crippen LogP contribution in [0.15, 0.2) is 68.8 Å². The molecule has 0 saturated heterocycles. The molecule has 2 aromatic heterocycles. The summed E-state index contributed by atoms with van der Waals surface area (Å²) in [7, 11) is 3.20. The molecule has 0 atom stereocenters. The van der Waals surface area contributed by atoms with Crippen molar-refractivity contribution >= 4 is 26.8 Å². The fourth-order valence-electron chi connectivity index (χ4n) is 3.45. The van der Waals surface area contributed by atoms with E-state index in [1.165, 1.54) is 11.6 Å². The number of aromatic nitrogens is 3. The van der Waals surface area contributed by atoms with E-state index in [4.69, 9.17) is 0 Å². The molecule has 0 N–H and O–H groups in total. The molecule has 0 aliphatic heterocycles. The lowest BCUT2D eigenvalue weighted by atomic mass is 10.1. The second-order valence-corrected chi connectivity index (χ2v) is 7.58. The van der Waals surface area contributed by atoms with Gasteiger partial charge in [-0.1, -0.05) is 45.8 Å². The van der Waals surface area contributed by atoms with Gasteiger partial charge >= 0.3 is 5.69 Å². The van der Waals surface area contributed by atoms with Crippen LogP contribution in [0.5, 0.6) is 0 Å². The number of nitrogens with zero attached hydrogens (tertiary/aromatic N) is 3. The van der Waals surface area contributed by atoms with Crippen LogP contribution in [0.3, 0.4) is 0 Å². The van der Waals surface area contributed by atoms with Crippen LogP contribution in [0.1, 0.15) is 5.56 Å². The minimum absolute atomic E-state index is 0.293. The second-order valence-electron chi connectivity index (χ2n) is 6.66. The molecule has 0 radical (unpaired) electrons. The number of halogens is 1. The van der Waals surface area contributed by atoms with Gasteiger partial charge in [-0.2, -0.15) is 0 Å². The molecule has 4 aromatic rings. The third kappa shape index (κ3) is 2.77. The van der Waals surface area contributed by atoms with Crippen molar-refractivity contribution in [2.75, 3.05) is 0 Å². The fraction of sp³-hybridized carbons (Fsp3) is 0.143. The van der Waals surface area contributed by atoms with Gasteiger partial charge in [0.1, 0.15) is 0 Å². The number of hydrogen-bond acceptors (Lipinski definition) is 2. The van der Waals surface area contributed by atoms with Gasteiger partial charge < -0.3 is 4.57 Å². The Morgan fingerprint density at radius 3 is 2.37 bits per heavy atom. The van der Waals surface area contributed by atoms with E-state index in [0.717, 1.165) is 31.5 Å². The van der Waals surface area contributed by atoms with Gasteiger partial charge in [0.15, 0.2) is 0 Å². The monoisotopic (exact) mass is 423 g/mol. The minimum Gasteiger partial charge on any atom is -0.314 e. The first kappa shape index (κ1) is 17.5. The quantitative estimate of drug-likeness (QED) is 0.492. The number of benzene rings is 2. The predicted octanol–water partition coefficient (Wildman–Crippen LogP) is 3.77. The predicted molar refractivity (Wildman–Crippen MR) is 112 cm³/mol. The fourth-order valence-corrected chi connectivity index (χ4v) is 3.83. The molecule has 2 aromatic carbocycles. The van der Waals surface area contributed by atoms with Gasteiger partial charge in [-0.15, -0.1) is 0 Å². The van der Waals surface area contributed by atoms with Crippen molar-refractivity contribution in [1.82, 2.24) is 13.7 Å². The van der Waals surface area contributed by atoms with Crippen LogP contribution in [0, 0.1) is 6.92 Å². The largest absolute Gasteiger partial charge is 0.330 e. The third-order valence-electron chi connectivity index (χ3n) is 4.82. The Kier molecular flexibility index (Phi) is 4.15. The molecule has 0 bridgehead atoms. The van der Waals surface area contributed by atoms with Gasteiger partial charge in [0, 0.05) is 30.5 Å². The lowest BCUT2D eigenvalue weighted by Gasteiger charge is -2.11.